The lowest BCUT2D eigenvalue weighted by atomic mass is 10.1. The van der Waals surface area contributed by atoms with Gasteiger partial charge in [-0.3, -0.25) is 4.68 Å². The zero-order valence-electron chi connectivity index (χ0n) is 10.6. The summed E-state index contributed by atoms with van der Waals surface area (Å²) < 4.78 is 1.82. The van der Waals surface area contributed by atoms with Crippen LogP contribution in [0.2, 0.25) is 0 Å². The number of hydrogen-bond donors (Lipinski definition) is 1. The second kappa shape index (κ2) is 5.37. The Morgan fingerprint density at radius 3 is 2.67 bits per heavy atom. The van der Waals surface area contributed by atoms with Crippen LogP contribution in [-0.2, 0) is 6.54 Å². The lowest BCUT2D eigenvalue weighted by Crippen LogP contribution is -2.07. The summed E-state index contributed by atoms with van der Waals surface area (Å²) in [7, 11) is 0. The molecule has 92 valence electrons. The van der Waals surface area contributed by atoms with Gasteiger partial charge in [0.25, 0.3) is 0 Å². The van der Waals surface area contributed by atoms with E-state index in [1.54, 1.807) is 6.20 Å². The number of hydrogen-bond acceptors (Lipinski definition) is 3. The predicted molar refractivity (Wildman–Crippen MR) is 71.1 cm³/mol. The second-order valence-corrected chi connectivity index (χ2v) is 4.20. The van der Waals surface area contributed by atoms with Crippen molar-refractivity contribution in [2.24, 2.45) is 0 Å². The van der Waals surface area contributed by atoms with Crippen LogP contribution in [0.1, 0.15) is 24.1 Å². The summed E-state index contributed by atoms with van der Waals surface area (Å²) in [4.78, 5) is 0. The van der Waals surface area contributed by atoms with Crippen molar-refractivity contribution in [2.45, 2.75) is 26.4 Å². The van der Waals surface area contributed by atoms with Gasteiger partial charge in [0, 0.05) is 24.0 Å². The first-order valence-electron chi connectivity index (χ1n) is 5.98. The highest BCUT2D eigenvalue weighted by Crippen LogP contribution is 2.18. The molecule has 0 radical (unpaired) electrons. The molecule has 0 amide bonds. The number of nitriles is 1. The van der Waals surface area contributed by atoms with Crippen LogP contribution in [0.25, 0.3) is 0 Å². The zero-order chi connectivity index (χ0) is 13.0. The highest BCUT2D eigenvalue weighted by atomic mass is 15.3. The van der Waals surface area contributed by atoms with E-state index in [4.69, 9.17) is 0 Å². The van der Waals surface area contributed by atoms with E-state index in [1.165, 1.54) is 5.56 Å². The number of benzene rings is 1. The van der Waals surface area contributed by atoms with E-state index in [9.17, 15) is 5.26 Å². The second-order valence-electron chi connectivity index (χ2n) is 4.20. The number of nitrogens with zero attached hydrogens (tertiary/aromatic N) is 3. The summed E-state index contributed by atoms with van der Waals surface area (Å²) in [6.07, 6.45) is 3.63. The Balaban J connectivity index is 2.14. The van der Waals surface area contributed by atoms with Crippen molar-refractivity contribution in [3.63, 3.8) is 0 Å². The molecular formula is C14H16N4. The van der Waals surface area contributed by atoms with E-state index in [0.717, 1.165) is 17.8 Å². The Bertz CT molecular complexity index is 548. The molecule has 0 saturated heterocycles. The number of aryl methyl sites for hydroxylation is 2. The van der Waals surface area contributed by atoms with Crippen LogP contribution >= 0.6 is 0 Å². The molecule has 0 saturated carbocycles. The van der Waals surface area contributed by atoms with Gasteiger partial charge < -0.3 is 5.32 Å². The van der Waals surface area contributed by atoms with Crippen molar-refractivity contribution < 1.29 is 0 Å². The van der Waals surface area contributed by atoms with Gasteiger partial charge in [-0.1, -0.05) is 17.7 Å². The van der Waals surface area contributed by atoms with E-state index in [2.05, 4.69) is 16.5 Å². The quantitative estimate of drug-likeness (QED) is 0.894. The number of nitrogens with one attached hydrogen (secondary N) is 1. The van der Waals surface area contributed by atoms with Crippen LogP contribution in [0, 0.1) is 18.3 Å². The highest BCUT2D eigenvalue weighted by Gasteiger charge is 2.12. The maximum Gasteiger partial charge on any atom is 0.143 e. The molecule has 2 rings (SSSR count). The maximum atomic E-state index is 9.23. The van der Waals surface area contributed by atoms with E-state index >= 15 is 0 Å². The summed E-state index contributed by atoms with van der Waals surface area (Å²) in [5.74, 6) is 0. The van der Waals surface area contributed by atoms with Gasteiger partial charge in [0.2, 0.25) is 0 Å². The Kier molecular flexibility index (Phi) is 3.63. The standard InChI is InChI=1S/C14H16N4/c1-3-18-10-12(9-16-18)14(8-15)17-13-6-4-11(2)5-7-13/h4-7,9-10,14,17H,3H2,1-2H3. The third-order valence-corrected chi connectivity index (χ3v) is 2.80. The number of rotatable bonds is 4. The van der Waals surface area contributed by atoms with E-state index in [0.29, 0.717) is 0 Å². The minimum atomic E-state index is -0.368. The summed E-state index contributed by atoms with van der Waals surface area (Å²) >= 11 is 0. The molecule has 1 atom stereocenters. The zero-order valence-corrected chi connectivity index (χ0v) is 10.6. The molecule has 1 N–H and O–H groups in total. The van der Waals surface area contributed by atoms with Gasteiger partial charge in [0.1, 0.15) is 6.04 Å². The van der Waals surface area contributed by atoms with Gasteiger partial charge in [-0.05, 0) is 26.0 Å². The molecule has 4 heteroatoms. The van der Waals surface area contributed by atoms with Gasteiger partial charge in [-0.25, -0.2) is 0 Å². The predicted octanol–water partition coefficient (Wildman–Crippen LogP) is 2.89. The van der Waals surface area contributed by atoms with Crippen LogP contribution in [-0.4, -0.2) is 9.78 Å². The minimum absolute atomic E-state index is 0.368. The van der Waals surface area contributed by atoms with Crippen molar-refractivity contribution in [3.05, 3.63) is 47.8 Å². The maximum absolute atomic E-state index is 9.23. The molecule has 2 aromatic rings. The van der Waals surface area contributed by atoms with E-state index < -0.39 is 0 Å². The monoisotopic (exact) mass is 240 g/mol. The summed E-state index contributed by atoms with van der Waals surface area (Å²) in [6, 6.07) is 9.88. The number of anilines is 1. The molecule has 18 heavy (non-hydrogen) atoms. The third-order valence-electron chi connectivity index (χ3n) is 2.80. The van der Waals surface area contributed by atoms with Gasteiger partial charge in [-0.2, -0.15) is 10.4 Å². The first kappa shape index (κ1) is 12.2. The highest BCUT2D eigenvalue weighted by molar-refractivity contribution is 5.48. The van der Waals surface area contributed by atoms with Crippen LogP contribution < -0.4 is 5.32 Å². The van der Waals surface area contributed by atoms with Gasteiger partial charge in [0.15, 0.2) is 0 Å². The fourth-order valence-corrected chi connectivity index (χ4v) is 1.71. The Morgan fingerprint density at radius 1 is 1.39 bits per heavy atom. The fourth-order valence-electron chi connectivity index (χ4n) is 1.71. The van der Waals surface area contributed by atoms with Crippen molar-refractivity contribution >= 4 is 5.69 Å². The molecule has 0 spiro atoms. The van der Waals surface area contributed by atoms with Crippen molar-refractivity contribution in [1.29, 1.82) is 5.26 Å². The molecule has 0 bridgehead atoms. The lowest BCUT2D eigenvalue weighted by Gasteiger charge is -2.11. The minimum Gasteiger partial charge on any atom is -0.366 e. The largest absolute Gasteiger partial charge is 0.366 e. The Labute approximate surface area is 107 Å². The molecular weight excluding hydrogens is 224 g/mol. The molecule has 1 aromatic carbocycles. The van der Waals surface area contributed by atoms with Crippen LogP contribution in [0.15, 0.2) is 36.7 Å². The van der Waals surface area contributed by atoms with Gasteiger partial charge in [0.05, 0.1) is 12.3 Å². The smallest absolute Gasteiger partial charge is 0.143 e. The Morgan fingerprint density at radius 2 is 2.11 bits per heavy atom. The van der Waals surface area contributed by atoms with Gasteiger partial charge >= 0.3 is 0 Å². The van der Waals surface area contributed by atoms with E-state index in [-0.39, 0.29) is 6.04 Å². The Hall–Kier alpha value is -2.28. The average molecular weight is 240 g/mol. The SMILES string of the molecule is CCn1cc(C(C#N)Nc2ccc(C)cc2)cn1. The third kappa shape index (κ3) is 2.69. The van der Waals surface area contributed by atoms with Crippen molar-refractivity contribution in [2.75, 3.05) is 5.32 Å². The fraction of sp³-hybridized carbons (Fsp3) is 0.286. The van der Waals surface area contributed by atoms with E-state index in [1.807, 2.05) is 49.0 Å². The summed E-state index contributed by atoms with van der Waals surface area (Å²) in [6.45, 7) is 4.87. The summed E-state index contributed by atoms with van der Waals surface area (Å²) in [5, 5.41) is 16.6. The van der Waals surface area contributed by atoms with Crippen LogP contribution in [0.5, 0.6) is 0 Å². The first-order valence-corrected chi connectivity index (χ1v) is 5.98. The van der Waals surface area contributed by atoms with Crippen LogP contribution in [0.4, 0.5) is 5.69 Å². The topological polar surface area (TPSA) is 53.6 Å². The summed E-state index contributed by atoms with van der Waals surface area (Å²) in [5.41, 5.74) is 3.03. The molecule has 0 fully saturated rings. The van der Waals surface area contributed by atoms with Gasteiger partial charge in [-0.15, -0.1) is 0 Å². The molecule has 1 aromatic heterocycles. The number of aromatic nitrogens is 2. The van der Waals surface area contributed by atoms with Crippen molar-refractivity contribution in [1.82, 2.24) is 9.78 Å². The normalized spacial score (nSPS) is 11.8. The first-order chi connectivity index (χ1) is 8.72. The lowest BCUT2D eigenvalue weighted by molar-refractivity contribution is 0.659. The molecule has 0 aliphatic carbocycles. The van der Waals surface area contributed by atoms with Crippen molar-refractivity contribution in [3.8, 4) is 6.07 Å². The molecule has 0 aliphatic rings. The average Bonchev–Trinajstić information content (AvgIpc) is 2.87. The molecule has 0 aliphatic heterocycles. The van der Waals surface area contributed by atoms with Crippen LogP contribution in [0.3, 0.4) is 0 Å². The molecule has 1 heterocycles. The molecule has 1 unspecified atom stereocenters. The molecule has 4 nitrogen and oxygen atoms in total.